The maximum absolute atomic E-state index is 12.9. The van der Waals surface area contributed by atoms with Crippen molar-refractivity contribution in [2.24, 2.45) is 0 Å². The summed E-state index contributed by atoms with van der Waals surface area (Å²) >= 11 is 1.61. The quantitative estimate of drug-likeness (QED) is 0.415. The lowest BCUT2D eigenvalue weighted by Gasteiger charge is -2.12. The van der Waals surface area contributed by atoms with Gasteiger partial charge in [0.15, 0.2) is 0 Å². The summed E-state index contributed by atoms with van der Waals surface area (Å²) in [6, 6.07) is 18.7. The maximum atomic E-state index is 12.9. The van der Waals surface area contributed by atoms with Gasteiger partial charge in [0.05, 0.1) is 15.8 Å². The first-order valence-corrected chi connectivity index (χ1v) is 10.2. The number of nitrogens with one attached hydrogen (secondary N) is 1. The molecule has 0 fully saturated rings. The van der Waals surface area contributed by atoms with Crippen LogP contribution in [0.5, 0.6) is 0 Å². The average molecular weight is 428 g/mol. The second-order valence-electron chi connectivity index (χ2n) is 7.09. The number of benzene rings is 2. The maximum Gasteiger partial charge on any atom is 0.416 e. The van der Waals surface area contributed by atoms with Crippen molar-refractivity contribution < 1.29 is 18.0 Å². The second kappa shape index (κ2) is 7.99. The zero-order chi connectivity index (χ0) is 21.3. The number of aryl methyl sites for hydroxylation is 1. The number of halogens is 3. The Labute approximate surface area is 175 Å². The Hall–Kier alpha value is -3.06. The Morgan fingerprint density at radius 1 is 1.00 bits per heavy atom. The molecule has 4 rings (SSSR count). The topological polar surface area (TPSA) is 34.0 Å². The highest BCUT2D eigenvalue weighted by Gasteiger charge is 2.30. The van der Waals surface area contributed by atoms with E-state index < -0.39 is 11.7 Å². The van der Waals surface area contributed by atoms with E-state index in [2.05, 4.69) is 5.32 Å². The molecule has 0 bridgehead atoms. The molecule has 30 heavy (non-hydrogen) atoms. The number of carbonyl (C=O) groups is 1. The molecule has 1 N–H and O–H groups in total. The third-order valence-corrected chi connectivity index (χ3v) is 5.82. The zero-order valence-electron chi connectivity index (χ0n) is 16.2. The van der Waals surface area contributed by atoms with E-state index in [1.165, 1.54) is 6.07 Å². The third kappa shape index (κ3) is 4.26. The lowest BCUT2D eigenvalue weighted by Crippen LogP contribution is -2.25. The highest BCUT2D eigenvalue weighted by atomic mass is 32.1. The average Bonchev–Trinajstić information content (AvgIpc) is 3.23. The Kier molecular flexibility index (Phi) is 5.39. The van der Waals surface area contributed by atoms with Crippen molar-refractivity contribution >= 4 is 27.5 Å². The fraction of sp³-hybridized carbons (Fsp3) is 0.174. The van der Waals surface area contributed by atoms with Crippen LogP contribution in [-0.4, -0.2) is 10.5 Å². The first-order valence-electron chi connectivity index (χ1n) is 9.39. The number of nitrogens with zero attached hydrogens (tertiary/aromatic N) is 1. The van der Waals surface area contributed by atoms with Crippen LogP contribution in [0.1, 0.15) is 32.1 Å². The SMILES string of the molecule is Cc1cc2c(cc(C(=O)NCc3cccc(C(F)(F)F)c3)n2Cc2ccccc2)s1. The van der Waals surface area contributed by atoms with Crippen LogP contribution in [0.15, 0.2) is 66.7 Å². The lowest BCUT2D eigenvalue weighted by molar-refractivity contribution is -0.137. The predicted molar refractivity (Wildman–Crippen MR) is 113 cm³/mol. The minimum atomic E-state index is -4.41. The van der Waals surface area contributed by atoms with Crippen LogP contribution in [0.2, 0.25) is 0 Å². The highest BCUT2D eigenvalue weighted by Crippen LogP contribution is 2.30. The molecule has 0 aliphatic rings. The molecule has 0 atom stereocenters. The van der Waals surface area contributed by atoms with E-state index in [0.717, 1.165) is 32.8 Å². The van der Waals surface area contributed by atoms with Crippen LogP contribution in [0, 0.1) is 6.92 Å². The van der Waals surface area contributed by atoms with E-state index in [1.54, 1.807) is 17.4 Å². The minimum absolute atomic E-state index is 0.0198. The van der Waals surface area contributed by atoms with E-state index in [-0.39, 0.29) is 12.5 Å². The molecule has 2 heterocycles. The van der Waals surface area contributed by atoms with Gasteiger partial charge in [-0.3, -0.25) is 4.79 Å². The molecule has 7 heteroatoms. The van der Waals surface area contributed by atoms with Gasteiger partial charge in [0.1, 0.15) is 5.69 Å². The second-order valence-corrected chi connectivity index (χ2v) is 8.38. The van der Waals surface area contributed by atoms with E-state index >= 15 is 0 Å². The summed E-state index contributed by atoms with van der Waals surface area (Å²) < 4.78 is 41.7. The molecule has 0 unspecified atom stereocenters. The predicted octanol–water partition coefficient (Wildman–Crippen LogP) is 6.01. The van der Waals surface area contributed by atoms with Crippen molar-refractivity contribution in [2.75, 3.05) is 0 Å². The number of aromatic nitrogens is 1. The molecule has 2 aromatic heterocycles. The molecule has 0 saturated heterocycles. The monoisotopic (exact) mass is 428 g/mol. The van der Waals surface area contributed by atoms with Crippen molar-refractivity contribution in [2.45, 2.75) is 26.2 Å². The summed E-state index contributed by atoms with van der Waals surface area (Å²) in [5, 5.41) is 2.76. The summed E-state index contributed by atoms with van der Waals surface area (Å²) in [6.07, 6.45) is -4.41. The number of fused-ring (bicyclic) bond motifs is 1. The molecule has 154 valence electrons. The van der Waals surface area contributed by atoms with Gasteiger partial charge >= 0.3 is 6.18 Å². The van der Waals surface area contributed by atoms with Crippen LogP contribution in [0.3, 0.4) is 0 Å². The molecule has 0 radical (unpaired) electrons. The lowest BCUT2D eigenvalue weighted by atomic mass is 10.1. The fourth-order valence-corrected chi connectivity index (χ4v) is 4.38. The summed E-state index contributed by atoms with van der Waals surface area (Å²) in [5.41, 5.74) is 2.21. The third-order valence-electron chi connectivity index (χ3n) is 4.84. The summed E-state index contributed by atoms with van der Waals surface area (Å²) in [6.45, 7) is 2.57. The van der Waals surface area contributed by atoms with Gasteiger partial charge in [0, 0.05) is 18.0 Å². The van der Waals surface area contributed by atoms with Gasteiger partial charge in [-0.2, -0.15) is 13.2 Å². The molecule has 4 aromatic rings. The number of carbonyl (C=O) groups excluding carboxylic acids is 1. The molecular weight excluding hydrogens is 409 g/mol. The van der Waals surface area contributed by atoms with Crippen molar-refractivity contribution in [3.63, 3.8) is 0 Å². The van der Waals surface area contributed by atoms with Gasteiger partial charge in [0.2, 0.25) is 0 Å². The van der Waals surface area contributed by atoms with Crippen molar-refractivity contribution in [1.29, 1.82) is 0 Å². The Morgan fingerprint density at radius 2 is 1.73 bits per heavy atom. The van der Waals surface area contributed by atoms with Crippen LogP contribution in [-0.2, 0) is 19.3 Å². The Balaban J connectivity index is 1.59. The number of alkyl halides is 3. The first kappa shape index (κ1) is 20.2. The molecule has 0 spiro atoms. The summed E-state index contributed by atoms with van der Waals surface area (Å²) in [5.74, 6) is -0.315. The summed E-state index contributed by atoms with van der Waals surface area (Å²) in [4.78, 5) is 14.1. The van der Waals surface area contributed by atoms with Crippen LogP contribution in [0.4, 0.5) is 13.2 Å². The number of hydrogen-bond donors (Lipinski definition) is 1. The highest BCUT2D eigenvalue weighted by molar-refractivity contribution is 7.19. The van der Waals surface area contributed by atoms with Crippen LogP contribution >= 0.6 is 11.3 Å². The molecule has 1 amide bonds. The minimum Gasteiger partial charge on any atom is -0.347 e. The van der Waals surface area contributed by atoms with Crippen molar-refractivity contribution in [3.8, 4) is 0 Å². The molecule has 0 aliphatic carbocycles. The van der Waals surface area contributed by atoms with Gasteiger partial charge < -0.3 is 9.88 Å². The normalized spacial score (nSPS) is 11.7. The van der Waals surface area contributed by atoms with Gasteiger partial charge in [-0.25, -0.2) is 0 Å². The van der Waals surface area contributed by atoms with Gasteiger partial charge in [-0.15, -0.1) is 11.3 Å². The van der Waals surface area contributed by atoms with Crippen molar-refractivity contribution in [1.82, 2.24) is 9.88 Å². The number of hydrogen-bond acceptors (Lipinski definition) is 2. The number of amides is 1. The Bertz CT molecular complexity index is 1190. The Morgan fingerprint density at radius 3 is 2.47 bits per heavy atom. The van der Waals surface area contributed by atoms with Gasteiger partial charge in [-0.05, 0) is 42.3 Å². The van der Waals surface area contributed by atoms with Gasteiger partial charge in [0.25, 0.3) is 5.91 Å². The zero-order valence-corrected chi connectivity index (χ0v) is 17.0. The largest absolute Gasteiger partial charge is 0.416 e. The fourth-order valence-electron chi connectivity index (χ4n) is 3.42. The van der Waals surface area contributed by atoms with E-state index in [4.69, 9.17) is 0 Å². The standard InChI is InChI=1S/C23H19F3N2OS/c1-15-10-19-21(30-15)12-20(28(19)14-16-6-3-2-4-7-16)22(29)27-13-17-8-5-9-18(11-17)23(24,25)26/h2-12H,13-14H2,1H3,(H,27,29). The summed E-state index contributed by atoms with van der Waals surface area (Å²) in [7, 11) is 0. The number of thiophene rings is 1. The number of rotatable bonds is 5. The first-order chi connectivity index (χ1) is 14.3. The van der Waals surface area contributed by atoms with Crippen LogP contribution < -0.4 is 5.32 Å². The molecule has 2 aromatic carbocycles. The smallest absolute Gasteiger partial charge is 0.347 e. The van der Waals surface area contributed by atoms with Crippen molar-refractivity contribution in [3.05, 3.63) is 94.0 Å². The van der Waals surface area contributed by atoms with E-state index in [0.29, 0.717) is 17.8 Å². The van der Waals surface area contributed by atoms with E-state index in [9.17, 15) is 18.0 Å². The van der Waals surface area contributed by atoms with Crippen LogP contribution in [0.25, 0.3) is 10.2 Å². The molecule has 3 nitrogen and oxygen atoms in total. The molecule has 0 saturated carbocycles. The molecular formula is C23H19F3N2OS. The van der Waals surface area contributed by atoms with Gasteiger partial charge in [-0.1, -0.05) is 42.5 Å². The molecule has 0 aliphatic heterocycles. The van der Waals surface area contributed by atoms with E-state index in [1.807, 2.05) is 54.0 Å².